The van der Waals surface area contributed by atoms with E-state index < -0.39 is 23.6 Å². The zero-order valence-corrected chi connectivity index (χ0v) is 9.98. The Balaban J connectivity index is 2.69. The second-order valence-corrected chi connectivity index (χ2v) is 4.49. The van der Waals surface area contributed by atoms with Gasteiger partial charge in [-0.15, -0.1) is 0 Å². The number of nitrogens with zero attached hydrogens (tertiary/aromatic N) is 1. The summed E-state index contributed by atoms with van der Waals surface area (Å²) in [5.41, 5.74) is 4.95. The maximum Gasteiger partial charge on any atom is 0.408 e. The third-order valence-corrected chi connectivity index (χ3v) is 1.78. The van der Waals surface area contributed by atoms with Crippen LogP contribution in [0.25, 0.3) is 0 Å². The number of H-pyrrole nitrogens is 1. The lowest BCUT2D eigenvalue weighted by molar-refractivity contribution is -0.120. The summed E-state index contributed by atoms with van der Waals surface area (Å²) in [6, 6.07) is -0.979. The van der Waals surface area contributed by atoms with Gasteiger partial charge in [-0.05, 0) is 20.8 Å². The number of ether oxygens (including phenoxy) is 1. The van der Waals surface area contributed by atoms with Crippen molar-refractivity contribution in [1.29, 1.82) is 0 Å². The molecule has 1 heterocycles. The molecule has 1 rings (SSSR count). The number of hydrogen-bond acceptors (Lipinski definition) is 4. The summed E-state index contributed by atoms with van der Waals surface area (Å²) in [6.07, 6.45) is 2.09. The van der Waals surface area contributed by atoms with Crippen molar-refractivity contribution in [2.24, 2.45) is 5.73 Å². The summed E-state index contributed by atoms with van der Waals surface area (Å²) < 4.78 is 5.02. The number of carbonyl (C=O) groups excluding carboxylic acids is 2. The van der Waals surface area contributed by atoms with Crippen LogP contribution in [0.3, 0.4) is 0 Å². The van der Waals surface area contributed by atoms with E-state index in [1.54, 1.807) is 20.8 Å². The Bertz CT molecular complexity index is 394. The lowest BCUT2D eigenvalue weighted by Crippen LogP contribution is -2.40. The number of carbonyl (C=O) groups is 2. The van der Waals surface area contributed by atoms with Gasteiger partial charge in [0.2, 0.25) is 5.91 Å². The number of rotatable bonds is 3. The SMILES string of the molecule is CC(C)(C)OC(=O)NC(C(N)=O)c1cnc[nH]1. The van der Waals surface area contributed by atoms with Crippen molar-refractivity contribution < 1.29 is 14.3 Å². The van der Waals surface area contributed by atoms with Crippen molar-refractivity contribution in [3.63, 3.8) is 0 Å². The molecule has 0 aliphatic rings. The van der Waals surface area contributed by atoms with E-state index >= 15 is 0 Å². The van der Waals surface area contributed by atoms with Gasteiger partial charge in [0, 0.05) is 0 Å². The molecule has 7 nitrogen and oxygen atoms in total. The third-order valence-electron chi connectivity index (χ3n) is 1.78. The van der Waals surface area contributed by atoms with E-state index in [1.807, 2.05) is 0 Å². The van der Waals surface area contributed by atoms with Crippen molar-refractivity contribution in [2.75, 3.05) is 0 Å². The van der Waals surface area contributed by atoms with Crippen LogP contribution in [-0.4, -0.2) is 27.6 Å². The highest BCUT2D eigenvalue weighted by molar-refractivity contribution is 5.85. The Hall–Kier alpha value is -2.05. The van der Waals surface area contributed by atoms with Crippen LogP contribution in [0.1, 0.15) is 32.5 Å². The lowest BCUT2D eigenvalue weighted by Gasteiger charge is -2.21. The Morgan fingerprint density at radius 3 is 2.59 bits per heavy atom. The molecule has 1 atom stereocenters. The van der Waals surface area contributed by atoms with E-state index in [2.05, 4.69) is 15.3 Å². The first-order valence-electron chi connectivity index (χ1n) is 5.06. The van der Waals surface area contributed by atoms with Crippen LogP contribution >= 0.6 is 0 Å². The van der Waals surface area contributed by atoms with Gasteiger partial charge in [0.25, 0.3) is 0 Å². The van der Waals surface area contributed by atoms with Gasteiger partial charge < -0.3 is 20.8 Å². The summed E-state index contributed by atoms with van der Waals surface area (Å²) >= 11 is 0. The van der Waals surface area contributed by atoms with E-state index in [-0.39, 0.29) is 0 Å². The number of imidazole rings is 1. The predicted molar refractivity (Wildman–Crippen MR) is 59.9 cm³/mol. The number of primary amides is 1. The second kappa shape index (κ2) is 4.86. The van der Waals surface area contributed by atoms with Crippen LogP contribution in [0.2, 0.25) is 0 Å². The van der Waals surface area contributed by atoms with Crippen LogP contribution in [0.4, 0.5) is 4.79 Å². The first kappa shape index (κ1) is 13.0. The van der Waals surface area contributed by atoms with Crippen molar-refractivity contribution in [2.45, 2.75) is 32.4 Å². The molecule has 0 spiro atoms. The molecule has 1 aromatic heterocycles. The summed E-state index contributed by atoms with van der Waals surface area (Å²) in [6.45, 7) is 5.17. The van der Waals surface area contributed by atoms with Crippen LogP contribution in [0.5, 0.6) is 0 Å². The standard InChI is InChI=1S/C10H16N4O3/c1-10(2,3)17-9(16)14-7(8(11)15)6-4-12-5-13-6/h4-5,7H,1-3H3,(H2,11,15)(H,12,13)(H,14,16). The number of nitrogens with two attached hydrogens (primary N) is 1. The summed E-state index contributed by atoms with van der Waals surface area (Å²) in [5.74, 6) is -0.694. The van der Waals surface area contributed by atoms with E-state index in [9.17, 15) is 9.59 Å². The van der Waals surface area contributed by atoms with E-state index in [0.717, 1.165) is 0 Å². The monoisotopic (exact) mass is 240 g/mol. The average Bonchev–Trinajstić information content (AvgIpc) is 2.63. The number of amides is 2. The summed E-state index contributed by atoms with van der Waals surface area (Å²) in [4.78, 5) is 29.2. The number of aromatic nitrogens is 2. The van der Waals surface area contributed by atoms with E-state index in [4.69, 9.17) is 10.5 Å². The molecule has 0 radical (unpaired) electrons. The van der Waals surface area contributed by atoms with E-state index in [0.29, 0.717) is 5.69 Å². The molecular formula is C10H16N4O3. The lowest BCUT2D eigenvalue weighted by atomic mass is 10.2. The molecule has 4 N–H and O–H groups in total. The molecule has 0 saturated heterocycles. The summed E-state index contributed by atoms with van der Waals surface area (Å²) in [7, 11) is 0. The van der Waals surface area contributed by atoms with Gasteiger partial charge in [0.05, 0.1) is 18.2 Å². The number of hydrogen-bond donors (Lipinski definition) is 3. The molecule has 7 heteroatoms. The van der Waals surface area contributed by atoms with Crippen molar-refractivity contribution in [3.05, 3.63) is 18.2 Å². The minimum atomic E-state index is -0.979. The fraction of sp³-hybridized carbons (Fsp3) is 0.500. The van der Waals surface area contributed by atoms with Gasteiger partial charge in [-0.25, -0.2) is 9.78 Å². The average molecular weight is 240 g/mol. The normalized spacial score (nSPS) is 12.9. The van der Waals surface area contributed by atoms with Gasteiger partial charge in [-0.1, -0.05) is 0 Å². The first-order valence-corrected chi connectivity index (χ1v) is 5.06. The Morgan fingerprint density at radius 1 is 1.53 bits per heavy atom. The molecule has 1 unspecified atom stereocenters. The molecule has 0 fully saturated rings. The molecule has 0 aliphatic heterocycles. The Kier molecular flexibility index (Phi) is 3.72. The van der Waals surface area contributed by atoms with Gasteiger partial charge in [-0.3, -0.25) is 4.79 Å². The zero-order valence-electron chi connectivity index (χ0n) is 9.98. The van der Waals surface area contributed by atoms with Gasteiger partial charge in [0.1, 0.15) is 5.60 Å². The quantitative estimate of drug-likeness (QED) is 0.712. The molecule has 2 amide bonds. The highest BCUT2D eigenvalue weighted by Gasteiger charge is 2.24. The predicted octanol–water partition coefficient (Wildman–Crippen LogP) is 0.461. The third kappa shape index (κ3) is 4.13. The van der Waals surface area contributed by atoms with Crippen molar-refractivity contribution in [1.82, 2.24) is 15.3 Å². The number of nitrogens with one attached hydrogen (secondary N) is 2. The maximum atomic E-state index is 11.5. The van der Waals surface area contributed by atoms with Gasteiger partial charge >= 0.3 is 6.09 Å². The molecular weight excluding hydrogens is 224 g/mol. The zero-order chi connectivity index (χ0) is 13.1. The highest BCUT2D eigenvalue weighted by Crippen LogP contribution is 2.11. The number of aromatic amines is 1. The van der Waals surface area contributed by atoms with Crippen LogP contribution in [0, 0.1) is 0 Å². The van der Waals surface area contributed by atoms with Crippen molar-refractivity contribution in [3.8, 4) is 0 Å². The molecule has 94 valence electrons. The molecule has 0 aliphatic carbocycles. The number of alkyl carbamates (subject to hydrolysis) is 1. The van der Waals surface area contributed by atoms with E-state index in [1.165, 1.54) is 12.5 Å². The molecule has 17 heavy (non-hydrogen) atoms. The summed E-state index contributed by atoms with van der Waals surface area (Å²) in [5, 5.41) is 2.37. The molecule has 0 saturated carbocycles. The van der Waals surface area contributed by atoms with Gasteiger partial charge in [-0.2, -0.15) is 0 Å². The van der Waals surface area contributed by atoms with Crippen molar-refractivity contribution >= 4 is 12.0 Å². The minimum Gasteiger partial charge on any atom is -0.444 e. The van der Waals surface area contributed by atoms with Gasteiger partial charge in [0.15, 0.2) is 6.04 Å². The molecule has 0 bridgehead atoms. The Labute approximate surface area is 98.7 Å². The maximum absolute atomic E-state index is 11.5. The second-order valence-electron chi connectivity index (χ2n) is 4.49. The first-order chi connectivity index (χ1) is 7.79. The van der Waals surface area contributed by atoms with Crippen LogP contribution in [-0.2, 0) is 9.53 Å². The van der Waals surface area contributed by atoms with Crippen LogP contribution < -0.4 is 11.1 Å². The molecule has 0 aromatic carbocycles. The topological polar surface area (TPSA) is 110 Å². The molecule has 1 aromatic rings. The van der Waals surface area contributed by atoms with Crippen LogP contribution in [0.15, 0.2) is 12.5 Å². The fourth-order valence-corrected chi connectivity index (χ4v) is 1.15. The smallest absolute Gasteiger partial charge is 0.408 e. The fourth-order valence-electron chi connectivity index (χ4n) is 1.15. The Morgan fingerprint density at radius 2 is 2.18 bits per heavy atom. The minimum absolute atomic E-state index is 0.406. The largest absolute Gasteiger partial charge is 0.444 e. The highest BCUT2D eigenvalue weighted by atomic mass is 16.6.